The molecule has 0 spiro atoms. The van der Waals surface area contributed by atoms with Gasteiger partial charge in [-0.25, -0.2) is 24.3 Å². The number of benzene rings is 3. The van der Waals surface area contributed by atoms with Gasteiger partial charge < -0.3 is 41.0 Å². The fraction of sp³-hybridized carbons (Fsp3) is 0.343. The molecule has 4 amide bonds. The Labute approximate surface area is 346 Å². The summed E-state index contributed by atoms with van der Waals surface area (Å²) in [6, 6.07) is 23.5. The minimum Gasteiger partial charge on any atom is -0.870 e. The fourth-order valence-corrected chi connectivity index (χ4v) is 6.60. The molecule has 3 atom stereocenters. The van der Waals surface area contributed by atoms with Gasteiger partial charge in [0.1, 0.15) is 18.0 Å². The van der Waals surface area contributed by atoms with Gasteiger partial charge in [-0.1, -0.05) is 60.7 Å². The topological polar surface area (TPSA) is 184 Å². The van der Waals surface area contributed by atoms with Crippen LogP contribution in [0.2, 0.25) is 0 Å². The summed E-state index contributed by atoms with van der Waals surface area (Å²) in [4.78, 5) is 55.9. The van der Waals surface area contributed by atoms with Crippen molar-refractivity contribution in [2.45, 2.75) is 44.6 Å². The number of hydrogen-bond acceptors (Lipinski definition) is 8. The second kappa shape index (κ2) is 22.5. The second-order valence-electron chi connectivity index (χ2n) is 11.9. The van der Waals surface area contributed by atoms with Gasteiger partial charge in [-0.2, -0.15) is 0 Å². The number of fused-ring (bicyclic) bond motifs is 1. The standard InChI is InChI=1S/C35H40N6O4.2Na.H2OP.2H2O/c1-2-17-39-25-33(43)40-31(21-26-13-15-30(42)16-14-26)34(44)38(23-28-11-8-12-29(20-28)37-18-6-7-19-37)24-32(40)41(39)35(45)36-22-27-9-4-3-5-10-27;;;1-2;;/h2-5,8-16,20,31-32,42H,1,6-7,17-19,21-25H2,(H,36,45);;;2H2;2*1H2/q;2*+1;-1;;/p-1/t31-,32-;;;;;/m0...../s1. The Morgan fingerprint density at radius 2 is 1.59 bits per heavy atom. The Morgan fingerprint density at radius 3 is 2.24 bits per heavy atom. The van der Waals surface area contributed by atoms with Crippen LogP contribution in [0.1, 0.15) is 29.5 Å². The quantitative estimate of drug-likeness (QED) is 0.126. The van der Waals surface area contributed by atoms with Crippen molar-refractivity contribution in [3.63, 3.8) is 0 Å². The normalized spacial score (nSPS) is 18.1. The van der Waals surface area contributed by atoms with E-state index in [9.17, 15) is 19.5 Å². The van der Waals surface area contributed by atoms with Gasteiger partial charge in [0.2, 0.25) is 11.8 Å². The number of piperazine rings is 1. The first-order chi connectivity index (χ1) is 22.9. The van der Waals surface area contributed by atoms with Crippen molar-refractivity contribution < 1.29 is 94.5 Å². The van der Waals surface area contributed by atoms with Gasteiger partial charge in [-0.3, -0.25) is 9.59 Å². The van der Waals surface area contributed by atoms with Crippen LogP contribution in [0.5, 0.6) is 5.75 Å². The Kier molecular flexibility index (Phi) is 20.5. The molecule has 3 saturated heterocycles. The van der Waals surface area contributed by atoms with E-state index in [4.69, 9.17) is 4.89 Å². The van der Waals surface area contributed by atoms with Crippen molar-refractivity contribution in [3.8, 4) is 5.75 Å². The molecule has 13 nitrogen and oxygen atoms in total. The summed E-state index contributed by atoms with van der Waals surface area (Å²) in [6.45, 7) is 6.97. The zero-order chi connectivity index (χ0) is 33.3. The molecule has 16 heteroatoms. The van der Waals surface area contributed by atoms with Gasteiger partial charge in [0.15, 0.2) is 0 Å². The molecule has 264 valence electrons. The van der Waals surface area contributed by atoms with E-state index in [1.807, 2.05) is 42.5 Å². The second-order valence-corrected chi connectivity index (χ2v) is 11.9. The van der Waals surface area contributed by atoms with Gasteiger partial charge in [-0.05, 0) is 53.8 Å². The summed E-state index contributed by atoms with van der Waals surface area (Å²) < 4.78 is 0. The monoisotopic (exact) mass is 738 g/mol. The zero-order valence-electron chi connectivity index (χ0n) is 29.4. The molecule has 3 aliphatic heterocycles. The van der Waals surface area contributed by atoms with E-state index in [-0.39, 0.29) is 113 Å². The Balaban J connectivity index is 0.00000213. The number of carbonyl (C=O) groups excluding carboxylic acids is 3. The summed E-state index contributed by atoms with van der Waals surface area (Å²) in [5, 5.41) is 16.2. The Bertz CT molecular complexity index is 1550. The van der Waals surface area contributed by atoms with Gasteiger partial charge in [0.25, 0.3) is 0 Å². The number of rotatable bonds is 9. The van der Waals surface area contributed by atoms with Crippen LogP contribution in [0.3, 0.4) is 0 Å². The first kappa shape index (κ1) is 46.5. The third-order valence-corrected chi connectivity index (χ3v) is 8.79. The van der Waals surface area contributed by atoms with Crippen LogP contribution in [0.25, 0.3) is 0 Å². The number of phenolic OH excluding ortho intramolecular Hbond substituents is 1. The van der Waals surface area contributed by atoms with E-state index >= 15 is 0 Å². The summed E-state index contributed by atoms with van der Waals surface area (Å²) in [6.07, 6.45) is 3.55. The van der Waals surface area contributed by atoms with Crippen molar-refractivity contribution in [2.24, 2.45) is 0 Å². The van der Waals surface area contributed by atoms with Crippen LogP contribution in [0.4, 0.5) is 10.5 Å². The number of amides is 4. The predicted octanol–water partition coefficient (Wildman–Crippen LogP) is -4.13. The molecule has 6 rings (SSSR count). The molecule has 0 aliphatic carbocycles. The first-order valence-corrected chi connectivity index (χ1v) is 16.3. The maximum atomic E-state index is 14.3. The third-order valence-electron chi connectivity index (χ3n) is 8.79. The van der Waals surface area contributed by atoms with E-state index in [2.05, 4.69) is 28.9 Å². The molecular formula is C35H45N6Na2O7P. The van der Waals surface area contributed by atoms with Crippen LogP contribution in [-0.4, -0.2) is 98.7 Å². The maximum Gasteiger partial charge on any atom is 1.00 e. The van der Waals surface area contributed by atoms with Crippen molar-refractivity contribution >= 4 is 33.0 Å². The maximum absolute atomic E-state index is 14.3. The van der Waals surface area contributed by atoms with Crippen molar-refractivity contribution in [1.29, 1.82) is 0 Å². The Hall–Kier alpha value is -2.52. The molecule has 5 N–H and O–H groups in total. The van der Waals surface area contributed by atoms with E-state index < -0.39 is 12.2 Å². The predicted molar refractivity (Wildman–Crippen MR) is 187 cm³/mol. The number of anilines is 1. The largest absolute Gasteiger partial charge is 1.00 e. The van der Waals surface area contributed by atoms with Gasteiger partial charge >= 0.3 is 65.1 Å². The molecule has 0 radical (unpaired) electrons. The Morgan fingerprint density at radius 1 is 0.941 bits per heavy atom. The molecule has 3 aromatic rings. The smallest absolute Gasteiger partial charge is 0.870 e. The van der Waals surface area contributed by atoms with Crippen LogP contribution in [0.15, 0.2) is 91.5 Å². The van der Waals surface area contributed by atoms with Crippen molar-refractivity contribution in [2.75, 3.05) is 37.6 Å². The van der Waals surface area contributed by atoms with E-state index in [1.54, 1.807) is 50.2 Å². The van der Waals surface area contributed by atoms with Crippen LogP contribution >= 0.6 is 9.47 Å². The first-order valence-electron chi connectivity index (χ1n) is 15.8. The van der Waals surface area contributed by atoms with Crippen molar-refractivity contribution in [3.05, 3.63) is 108 Å². The van der Waals surface area contributed by atoms with E-state index in [1.165, 1.54) is 22.3 Å². The number of hydrazine groups is 1. The number of nitrogens with one attached hydrogen (secondary N) is 1. The van der Waals surface area contributed by atoms with Gasteiger partial charge in [0, 0.05) is 44.8 Å². The van der Waals surface area contributed by atoms with E-state index in [0.29, 0.717) is 19.6 Å². The summed E-state index contributed by atoms with van der Waals surface area (Å²) >= 11 is 0. The molecule has 3 aromatic carbocycles. The molecule has 3 heterocycles. The molecule has 3 aliphatic rings. The number of aromatic hydroxyl groups is 1. The molecule has 0 aromatic heterocycles. The molecule has 1 unspecified atom stereocenters. The summed E-state index contributed by atoms with van der Waals surface area (Å²) in [5.41, 5.74) is 3.90. The zero-order valence-corrected chi connectivity index (χ0v) is 34.5. The molecule has 51 heavy (non-hydrogen) atoms. The van der Waals surface area contributed by atoms with Crippen LogP contribution in [-0.2, 0) is 29.1 Å². The average Bonchev–Trinajstić information content (AvgIpc) is 3.64. The van der Waals surface area contributed by atoms with Crippen LogP contribution in [0, 0.1) is 0 Å². The average molecular weight is 739 g/mol. The summed E-state index contributed by atoms with van der Waals surface area (Å²) in [7, 11) is 1.17. The fourth-order valence-electron chi connectivity index (χ4n) is 6.60. The number of carbonyl (C=O) groups is 3. The number of urea groups is 1. The van der Waals surface area contributed by atoms with Gasteiger partial charge in [-0.15, -0.1) is 6.58 Å². The van der Waals surface area contributed by atoms with E-state index in [0.717, 1.165) is 35.5 Å². The molecule has 0 saturated carbocycles. The van der Waals surface area contributed by atoms with Gasteiger partial charge in [0.05, 0.1) is 13.1 Å². The number of phenols is 1. The number of nitrogens with zero attached hydrogens (tertiary/aromatic N) is 5. The SMILES string of the molecule is C=CCN1CC(=O)N2[C@@H](Cc3ccc(O)cc3)C(=O)N(Cc3cccc(N4CCCC4)c3)C[C@@H]2N1C(=O)NCc1ccccc1.O.[Na+].[Na+].[O-]P.[OH-]. The number of hydrogen-bond donors (Lipinski definition) is 2. The van der Waals surface area contributed by atoms with Crippen molar-refractivity contribution in [1.82, 2.24) is 25.1 Å². The van der Waals surface area contributed by atoms with Crippen LogP contribution < -0.4 is 74.2 Å². The summed E-state index contributed by atoms with van der Waals surface area (Å²) in [5.74, 6) is -0.260. The molecule has 3 fully saturated rings. The minimum atomic E-state index is -0.821. The molecule has 0 bridgehead atoms. The molecular weight excluding hydrogens is 693 g/mol. The minimum absolute atomic E-state index is 0. The third kappa shape index (κ3) is 11.5.